The van der Waals surface area contributed by atoms with Crippen molar-refractivity contribution >= 4 is 16.8 Å². The third-order valence-electron chi connectivity index (χ3n) is 6.00. The standard InChI is InChI=1S/C26H30N4O/c1-20-17-21(2)30(29-20)16-8-11-25(31)28-26(13-6-3-7-14-26)15-12-22-18-23-9-4-5-10-24(23)27-19-22/h4-5,9-10,17-19H,3,6-8,11,13-14,16H2,1-2H3,(H,28,31). The van der Waals surface area contributed by atoms with Gasteiger partial charge in [-0.15, -0.1) is 0 Å². The number of benzene rings is 1. The molecule has 5 nitrogen and oxygen atoms in total. The predicted molar refractivity (Wildman–Crippen MR) is 124 cm³/mol. The van der Waals surface area contributed by atoms with Gasteiger partial charge in [-0.2, -0.15) is 5.10 Å². The summed E-state index contributed by atoms with van der Waals surface area (Å²) in [6, 6.07) is 12.2. The monoisotopic (exact) mass is 414 g/mol. The molecular weight excluding hydrogens is 384 g/mol. The Balaban J connectivity index is 1.43. The molecule has 1 amide bonds. The topological polar surface area (TPSA) is 59.8 Å². The number of carbonyl (C=O) groups excluding carboxylic acids is 1. The van der Waals surface area contributed by atoms with E-state index >= 15 is 0 Å². The van der Waals surface area contributed by atoms with Crippen LogP contribution in [0.2, 0.25) is 0 Å². The van der Waals surface area contributed by atoms with E-state index in [0.717, 1.165) is 66.5 Å². The molecule has 1 aliphatic rings. The number of amides is 1. The minimum Gasteiger partial charge on any atom is -0.340 e. The van der Waals surface area contributed by atoms with Gasteiger partial charge in [-0.3, -0.25) is 14.5 Å². The molecule has 0 spiro atoms. The predicted octanol–water partition coefficient (Wildman–Crippen LogP) is 4.70. The van der Waals surface area contributed by atoms with Gasteiger partial charge in [0.05, 0.1) is 11.2 Å². The highest BCUT2D eigenvalue weighted by atomic mass is 16.1. The van der Waals surface area contributed by atoms with E-state index in [9.17, 15) is 4.79 Å². The van der Waals surface area contributed by atoms with Crippen LogP contribution in [0.4, 0.5) is 0 Å². The largest absolute Gasteiger partial charge is 0.340 e. The van der Waals surface area contributed by atoms with Crippen molar-refractivity contribution in [3.05, 3.63) is 59.5 Å². The summed E-state index contributed by atoms with van der Waals surface area (Å²) in [4.78, 5) is 17.3. The van der Waals surface area contributed by atoms with E-state index < -0.39 is 5.54 Å². The number of rotatable bonds is 5. The highest BCUT2D eigenvalue weighted by Gasteiger charge is 2.31. The van der Waals surface area contributed by atoms with E-state index in [1.54, 1.807) is 0 Å². The fourth-order valence-electron chi connectivity index (χ4n) is 4.39. The Kier molecular flexibility index (Phi) is 6.36. The number of aryl methyl sites for hydroxylation is 3. The van der Waals surface area contributed by atoms with Crippen LogP contribution in [-0.4, -0.2) is 26.2 Å². The van der Waals surface area contributed by atoms with Gasteiger partial charge in [0.15, 0.2) is 0 Å². The lowest BCUT2D eigenvalue weighted by Gasteiger charge is -2.33. The van der Waals surface area contributed by atoms with E-state index in [1.165, 1.54) is 6.42 Å². The summed E-state index contributed by atoms with van der Waals surface area (Å²) in [7, 11) is 0. The maximum atomic E-state index is 12.8. The fraction of sp³-hybridized carbons (Fsp3) is 0.423. The van der Waals surface area contributed by atoms with Crippen molar-refractivity contribution in [2.75, 3.05) is 0 Å². The summed E-state index contributed by atoms with van der Waals surface area (Å²) in [5.41, 5.74) is 3.58. The second kappa shape index (κ2) is 9.34. The molecule has 160 valence electrons. The van der Waals surface area contributed by atoms with E-state index in [2.05, 4.69) is 45.4 Å². The van der Waals surface area contributed by atoms with Crippen LogP contribution in [0.3, 0.4) is 0 Å². The van der Waals surface area contributed by atoms with Gasteiger partial charge >= 0.3 is 0 Å². The van der Waals surface area contributed by atoms with Crippen molar-refractivity contribution in [2.45, 2.75) is 70.9 Å². The van der Waals surface area contributed by atoms with Gasteiger partial charge in [-0.1, -0.05) is 49.3 Å². The van der Waals surface area contributed by atoms with Crippen molar-refractivity contribution in [3.63, 3.8) is 0 Å². The number of nitrogens with one attached hydrogen (secondary N) is 1. The number of pyridine rings is 1. The molecule has 0 bridgehead atoms. The number of fused-ring (bicyclic) bond motifs is 1. The van der Waals surface area contributed by atoms with Crippen LogP contribution in [0.1, 0.15) is 61.9 Å². The molecule has 1 N–H and O–H groups in total. The summed E-state index contributed by atoms with van der Waals surface area (Å²) in [6.45, 7) is 4.80. The normalized spacial score (nSPS) is 15.3. The quantitative estimate of drug-likeness (QED) is 0.616. The first-order chi connectivity index (χ1) is 15.0. The molecule has 4 rings (SSSR count). The molecule has 2 aromatic heterocycles. The number of para-hydroxylation sites is 1. The third kappa shape index (κ3) is 5.32. The molecule has 0 saturated heterocycles. The van der Waals surface area contributed by atoms with E-state index in [-0.39, 0.29) is 5.91 Å². The van der Waals surface area contributed by atoms with E-state index in [0.29, 0.717) is 6.42 Å². The zero-order chi connectivity index (χ0) is 21.7. The Bertz CT molecular complexity index is 1130. The lowest BCUT2D eigenvalue weighted by Crippen LogP contribution is -2.48. The number of hydrogen-bond donors (Lipinski definition) is 1. The molecule has 5 heteroatoms. The summed E-state index contributed by atoms with van der Waals surface area (Å²) >= 11 is 0. The van der Waals surface area contributed by atoms with Crippen LogP contribution in [0, 0.1) is 25.7 Å². The van der Waals surface area contributed by atoms with Crippen molar-refractivity contribution < 1.29 is 4.79 Å². The van der Waals surface area contributed by atoms with Crippen LogP contribution in [-0.2, 0) is 11.3 Å². The first-order valence-electron chi connectivity index (χ1n) is 11.2. The van der Waals surface area contributed by atoms with Gasteiger partial charge in [0.2, 0.25) is 5.91 Å². The zero-order valence-electron chi connectivity index (χ0n) is 18.4. The molecule has 0 atom stereocenters. The smallest absolute Gasteiger partial charge is 0.221 e. The summed E-state index contributed by atoms with van der Waals surface area (Å²) in [5, 5.41) is 8.84. The lowest BCUT2D eigenvalue weighted by molar-refractivity contribution is -0.122. The molecule has 3 aromatic rings. The van der Waals surface area contributed by atoms with Crippen LogP contribution >= 0.6 is 0 Å². The summed E-state index contributed by atoms with van der Waals surface area (Å²) < 4.78 is 1.98. The number of nitrogens with zero attached hydrogens (tertiary/aromatic N) is 3. The zero-order valence-corrected chi connectivity index (χ0v) is 18.4. The van der Waals surface area contributed by atoms with Gasteiger partial charge in [0, 0.05) is 35.8 Å². The Labute approximate surface area is 184 Å². The van der Waals surface area contributed by atoms with Crippen LogP contribution in [0.25, 0.3) is 10.9 Å². The molecule has 1 aromatic carbocycles. The maximum absolute atomic E-state index is 12.8. The third-order valence-corrected chi connectivity index (χ3v) is 6.00. The van der Waals surface area contributed by atoms with Gasteiger partial charge in [-0.25, -0.2) is 0 Å². The average Bonchev–Trinajstić information content (AvgIpc) is 3.09. The van der Waals surface area contributed by atoms with Gasteiger partial charge in [-0.05, 0) is 51.3 Å². The Hall–Kier alpha value is -3.13. The summed E-state index contributed by atoms with van der Waals surface area (Å²) in [5.74, 6) is 6.81. The molecule has 31 heavy (non-hydrogen) atoms. The molecular formula is C26H30N4O. The van der Waals surface area contributed by atoms with Gasteiger partial charge in [0.25, 0.3) is 0 Å². The first-order valence-corrected chi connectivity index (χ1v) is 11.2. The highest BCUT2D eigenvalue weighted by Crippen LogP contribution is 2.28. The minimum absolute atomic E-state index is 0.0781. The first kappa shape index (κ1) is 21.1. The Morgan fingerprint density at radius 3 is 2.74 bits per heavy atom. The van der Waals surface area contributed by atoms with Crippen molar-refractivity contribution in [1.82, 2.24) is 20.1 Å². The number of aromatic nitrogens is 3. The van der Waals surface area contributed by atoms with E-state index in [4.69, 9.17) is 0 Å². The van der Waals surface area contributed by atoms with Crippen molar-refractivity contribution in [2.24, 2.45) is 0 Å². The average molecular weight is 415 g/mol. The fourth-order valence-corrected chi connectivity index (χ4v) is 4.39. The number of hydrogen-bond acceptors (Lipinski definition) is 3. The molecule has 1 aliphatic carbocycles. The Morgan fingerprint density at radius 1 is 1.16 bits per heavy atom. The maximum Gasteiger partial charge on any atom is 0.221 e. The summed E-state index contributed by atoms with van der Waals surface area (Å²) in [6.07, 6.45) is 8.28. The number of carbonyl (C=O) groups is 1. The van der Waals surface area contributed by atoms with Gasteiger partial charge < -0.3 is 5.32 Å². The van der Waals surface area contributed by atoms with Crippen LogP contribution < -0.4 is 5.32 Å². The molecule has 2 heterocycles. The lowest BCUT2D eigenvalue weighted by atomic mass is 9.81. The molecule has 0 unspecified atom stereocenters. The second-order valence-electron chi connectivity index (χ2n) is 8.61. The van der Waals surface area contributed by atoms with Crippen molar-refractivity contribution in [3.8, 4) is 11.8 Å². The molecule has 1 saturated carbocycles. The second-order valence-corrected chi connectivity index (χ2v) is 8.61. The molecule has 0 aliphatic heterocycles. The van der Waals surface area contributed by atoms with Gasteiger partial charge in [0.1, 0.15) is 5.54 Å². The molecule has 1 fully saturated rings. The van der Waals surface area contributed by atoms with Crippen molar-refractivity contribution in [1.29, 1.82) is 0 Å². The SMILES string of the molecule is Cc1cc(C)n(CCCC(=O)NC2(C#Cc3cnc4ccccc4c3)CCCCC2)n1. The van der Waals surface area contributed by atoms with Crippen LogP contribution in [0.15, 0.2) is 42.6 Å². The van der Waals surface area contributed by atoms with Crippen LogP contribution in [0.5, 0.6) is 0 Å². The minimum atomic E-state index is -0.431. The highest BCUT2D eigenvalue weighted by molar-refractivity contribution is 5.80. The Morgan fingerprint density at radius 2 is 1.97 bits per heavy atom. The molecule has 0 radical (unpaired) electrons. The van der Waals surface area contributed by atoms with E-state index in [1.807, 2.05) is 42.9 Å².